The van der Waals surface area contributed by atoms with Gasteiger partial charge in [-0.3, -0.25) is 4.79 Å². The van der Waals surface area contributed by atoms with Gasteiger partial charge in [-0.2, -0.15) is 10.1 Å². The first-order valence-electron chi connectivity index (χ1n) is 9.60. The first kappa shape index (κ1) is 19.5. The highest BCUT2D eigenvalue weighted by atomic mass is 16.5. The minimum absolute atomic E-state index is 0.424. The highest BCUT2D eigenvalue weighted by Gasteiger charge is 2.32. The molecule has 8 nitrogen and oxygen atoms in total. The number of nitrogens with one attached hydrogen (secondary N) is 1. The molecular formula is C22H23N5O3. The van der Waals surface area contributed by atoms with Gasteiger partial charge >= 0.3 is 0 Å². The molecule has 1 aromatic heterocycles. The summed E-state index contributed by atoms with van der Waals surface area (Å²) in [6, 6.07) is 15.2. The number of nitrogens with zero attached hydrogens (tertiary/aromatic N) is 3. The third-order valence-corrected chi connectivity index (χ3v) is 5.05. The van der Waals surface area contributed by atoms with E-state index in [-0.39, 0.29) is 0 Å². The van der Waals surface area contributed by atoms with Crippen molar-refractivity contribution in [2.24, 2.45) is 5.73 Å². The molecule has 1 atom stereocenters. The van der Waals surface area contributed by atoms with Crippen LogP contribution in [0.3, 0.4) is 0 Å². The highest BCUT2D eigenvalue weighted by Crippen LogP contribution is 2.38. The molecule has 0 aliphatic carbocycles. The van der Waals surface area contributed by atoms with E-state index < -0.39 is 11.9 Å². The van der Waals surface area contributed by atoms with Crippen LogP contribution in [-0.4, -0.2) is 34.4 Å². The van der Waals surface area contributed by atoms with Crippen LogP contribution in [0.25, 0.3) is 0 Å². The van der Waals surface area contributed by atoms with Gasteiger partial charge in [0.1, 0.15) is 12.4 Å². The maximum Gasteiger partial charge on any atom is 0.248 e. The van der Waals surface area contributed by atoms with Crippen molar-refractivity contribution in [2.75, 3.05) is 19.0 Å². The number of hydrogen-bond acceptors (Lipinski definition) is 6. The second-order valence-corrected chi connectivity index (χ2v) is 6.95. The zero-order chi connectivity index (χ0) is 21.1. The van der Waals surface area contributed by atoms with Crippen molar-refractivity contribution in [2.45, 2.75) is 19.4 Å². The number of amides is 1. The number of nitrogens with two attached hydrogens (primary N) is 1. The Morgan fingerprint density at radius 1 is 1.20 bits per heavy atom. The number of methoxy groups -OCH3 is 1. The molecule has 0 radical (unpaired) electrons. The lowest BCUT2D eigenvalue weighted by molar-refractivity contribution is -0.115. The second-order valence-electron chi connectivity index (χ2n) is 6.95. The number of aromatic nitrogens is 3. The van der Waals surface area contributed by atoms with Crippen LogP contribution < -0.4 is 20.5 Å². The number of ether oxygens (including phenoxy) is 2. The summed E-state index contributed by atoms with van der Waals surface area (Å²) < 4.78 is 13.1. The first-order chi connectivity index (χ1) is 14.6. The second kappa shape index (κ2) is 8.28. The number of benzene rings is 2. The largest absolute Gasteiger partial charge is 0.493 e. The van der Waals surface area contributed by atoms with Crippen molar-refractivity contribution in [3.63, 3.8) is 0 Å². The Labute approximate surface area is 174 Å². The summed E-state index contributed by atoms with van der Waals surface area (Å²) in [5.74, 6) is 1.23. The van der Waals surface area contributed by atoms with Crippen LogP contribution in [0.1, 0.15) is 24.1 Å². The maximum atomic E-state index is 12.2. The van der Waals surface area contributed by atoms with Gasteiger partial charge in [0.05, 0.1) is 19.3 Å². The summed E-state index contributed by atoms with van der Waals surface area (Å²) in [5.41, 5.74) is 8.75. The van der Waals surface area contributed by atoms with E-state index in [0.29, 0.717) is 35.3 Å². The minimum atomic E-state index is -0.520. The topological polar surface area (TPSA) is 104 Å². The molecule has 0 bridgehead atoms. The molecule has 8 heteroatoms. The van der Waals surface area contributed by atoms with E-state index in [2.05, 4.69) is 27.5 Å². The number of carbonyl (C=O) groups is 1. The Balaban J connectivity index is 1.61. The lowest BCUT2D eigenvalue weighted by atomic mass is 9.95. The van der Waals surface area contributed by atoms with E-state index >= 15 is 0 Å². The number of fused-ring (bicyclic) bond motifs is 1. The number of carbonyl (C=O) groups excluding carboxylic acids is 1. The summed E-state index contributed by atoms with van der Waals surface area (Å²) in [6.07, 6.45) is 2.22. The predicted molar refractivity (Wildman–Crippen MR) is 112 cm³/mol. The molecule has 1 amide bonds. The molecule has 0 saturated carbocycles. The van der Waals surface area contributed by atoms with Gasteiger partial charge in [-0.15, -0.1) is 0 Å². The van der Waals surface area contributed by atoms with E-state index in [0.717, 1.165) is 12.0 Å². The van der Waals surface area contributed by atoms with Crippen LogP contribution >= 0.6 is 0 Å². The van der Waals surface area contributed by atoms with E-state index in [4.69, 9.17) is 15.2 Å². The Hall–Kier alpha value is -3.81. The van der Waals surface area contributed by atoms with Gasteiger partial charge in [0, 0.05) is 12.1 Å². The normalized spacial score (nSPS) is 15.3. The van der Waals surface area contributed by atoms with Crippen LogP contribution in [0.15, 0.2) is 66.1 Å². The fourth-order valence-corrected chi connectivity index (χ4v) is 3.62. The van der Waals surface area contributed by atoms with Crippen LogP contribution in [0.4, 0.5) is 5.95 Å². The number of anilines is 1. The van der Waals surface area contributed by atoms with Crippen molar-refractivity contribution < 1.29 is 14.3 Å². The van der Waals surface area contributed by atoms with Crippen LogP contribution in [-0.2, 0) is 11.2 Å². The Morgan fingerprint density at radius 3 is 2.73 bits per heavy atom. The summed E-state index contributed by atoms with van der Waals surface area (Å²) in [4.78, 5) is 16.4. The fourth-order valence-electron chi connectivity index (χ4n) is 3.62. The number of allylic oxidation sites excluding steroid dienone is 1. The molecule has 0 spiro atoms. The van der Waals surface area contributed by atoms with Crippen molar-refractivity contribution in [1.82, 2.24) is 14.8 Å². The average molecular weight is 405 g/mol. The molecule has 2 aromatic carbocycles. The monoisotopic (exact) mass is 405 g/mol. The summed E-state index contributed by atoms with van der Waals surface area (Å²) >= 11 is 0. The third kappa shape index (κ3) is 3.71. The molecule has 1 aliphatic rings. The number of rotatable bonds is 7. The Kier molecular flexibility index (Phi) is 5.38. The average Bonchev–Trinajstić information content (AvgIpc) is 3.21. The van der Waals surface area contributed by atoms with Gasteiger partial charge in [-0.1, -0.05) is 36.4 Å². The zero-order valence-corrected chi connectivity index (χ0v) is 16.8. The molecule has 0 fully saturated rings. The Morgan fingerprint density at radius 2 is 2.00 bits per heavy atom. The smallest absolute Gasteiger partial charge is 0.248 e. The molecule has 1 aliphatic heterocycles. The molecule has 2 heterocycles. The van der Waals surface area contributed by atoms with E-state index in [1.807, 2.05) is 36.4 Å². The summed E-state index contributed by atoms with van der Waals surface area (Å²) in [5, 5.41) is 7.34. The van der Waals surface area contributed by atoms with Crippen molar-refractivity contribution in [3.8, 4) is 11.5 Å². The molecule has 3 aromatic rings. The maximum absolute atomic E-state index is 12.2. The molecule has 154 valence electrons. The minimum Gasteiger partial charge on any atom is -0.493 e. The number of primary amides is 1. The van der Waals surface area contributed by atoms with Gasteiger partial charge in [0.15, 0.2) is 11.5 Å². The van der Waals surface area contributed by atoms with Crippen LogP contribution in [0.2, 0.25) is 0 Å². The highest BCUT2D eigenvalue weighted by molar-refractivity contribution is 5.95. The zero-order valence-electron chi connectivity index (χ0n) is 16.8. The summed E-state index contributed by atoms with van der Waals surface area (Å²) in [6.45, 7) is 2.31. The lowest BCUT2D eigenvalue weighted by Gasteiger charge is -2.28. The standard InChI is InChI=1S/C22H23N5O3/c1-14-19(21(23)28)20(27-22(26-14)24-13-25-27)16-8-9-17(18(12-16)29-2)30-11-10-15-6-4-3-5-7-15/h3-9,12-13,20H,10-11H2,1-2H3,(H2,23,28)(H,24,25,26)/t20-/m1/s1. The van der Waals surface area contributed by atoms with Gasteiger partial charge in [0.25, 0.3) is 0 Å². The van der Waals surface area contributed by atoms with Gasteiger partial charge in [-0.25, -0.2) is 4.68 Å². The quantitative estimate of drug-likeness (QED) is 0.626. The van der Waals surface area contributed by atoms with Crippen molar-refractivity contribution in [3.05, 3.63) is 77.3 Å². The van der Waals surface area contributed by atoms with Gasteiger partial charge < -0.3 is 20.5 Å². The van der Waals surface area contributed by atoms with Gasteiger partial charge in [0.2, 0.25) is 11.9 Å². The summed E-state index contributed by atoms with van der Waals surface area (Å²) in [7, 11) is 1.59. The number of hydrogen-bond donors (Lipinski definition) is 2. The lowest BCUT2D eigenvalue weighted by Crippen LogP contribution is -2.31. The molecule has 0 saturated heterocycles. The predicted octanol–water partition coefficient (Wildman–Crippen LogP) is 2.68. The van der Waals surface area contributed by atoms with Crippen molar-refractivity contribution in [1.29, 1.82) is 0 Å². The SMILES string of the molecule is COc1cc([C@@H]2C(C(N)=O)=C(C)Nc3ncnn32)ccc1OCCc1ccccc1. The molecule has 4 rings (SSSR count). The van der Waals surface area contributed by atoms with Crippen molar-refractivity contribution >= 4 is 11.9 Å². The van der Waals surface area contributed by atoms with E-state index in [9.17, 15) is 4.79 Å². The molecule has 30 heavy (non-hydrogen) atoms. The molecular weight excluding hydrogens is 382 g/mol. The van der Waals surface area contributed by atoms with Crippen LogP contribution in [0.5, 0.6) is 11.5 Å². The van der Waals surface area contributed by atoms with E-state index in [1.165, 1.54) is 11.9 Å². The first-order valence-corrected chi connectivity index (χ1v) is 9.60. The third-order valence-electron chi connectivity index (χ3n) is 5.05. The van der Waals surface area contributed by atoms with E-state index in [1.54, 1.807) is 18.7 Å². The molecule has 0 unspecified atom stereocenters. The molecule has 3 N–H and O–H groups in total. The Bertz CT molecular complexity index is 1090. The van der Waals surface area contributed by atoms with Gasteiger partial charge in [-0.05, 0) is 30.2 Å². The fraction of sp³-hybridized carbons (Fsp3) is 0.227. The van der Waals surface area contributed by atoms with Crippen LogP contribution in [0, 0.1) is 0 Å².